The Labute approximate surface area is 98.4 Å². The van der Waals surface area contributed by atoms with E-state index >= 15 is 0 Å². The Morgan fingerprint density at radius 1 is 1.38 bits per heavy atom. The van der Waals surface area contributed by atoms with Crippen LogP contribution in [0.25, 0.3) is 0 Å². The van der Waals surface area contributed by atoms with Crippen LogP contribution in [0.5, 0.6) is 0 Å². The second kappa shape index (κ2) is 5.05. The van der Waals surface area contributed by atoms with Gasteiger partial charge >= 0.3 is 0 Å². The van der Waals surface area contributed by atoms with Crippen LogP contribution in [0.1, 0.15) is 57.6 Å². The zero-order valence-corrected chi connectivity index (χ0v) is 10.6. The minimum Gasteiger partial charge on any atom is -0.464 e. The van der Waals surface area contributed by atoms with E-state index in [1.165, 1.54) is 19.3 Å². The molecule has 1 aliphatic rings. The fourth-order valence-electron chi connectivity index (χ4n) is 2.37. The molecule has 0 radical (unpaired) electrons. The number of nitrogens with one attached hydrogen (secondary N) is 1. The molecule has 2 heteroatoms. The van der Waals surface area contributed by atoms with Gasteiger partial charge in [0.1, 0.15) is 11.5 Å². The Balaban J connectivity index is 1.88. The molecule has 0 saturated heterocycles. The third-order valence-corrected chi connectivity index (χ3v) is 3.83. The average molecular weight is 221 g/mol. The van der Waals surface area contributed by atoms with Crippen LogP contribution >= 0.6 is 0 Å². The Morgan fingerprint density at radius 3 is 2.62 bits per heavy atom. The smallest absolute Gasteiger partial charge is 0.120 e. The van der Waals surface area contributed by atoms with E-state index in [-0.39, 0.29) is 0 Å². The summed E-state index contributed by atoms with van der Waals surface area (Å²) in [6, 6.07) is 5.13. The van der Waals surface area contributed by atoms with Gasteiger partial charge < -0.3 is 9.73 Å². The number of hydrogen-bond acceptors (Lipinski definition) is 2. The molecule has 0 aliphatic heterocycles. The fraction of sp³-hybridized carbons (Fsp3) is 0.714. The molecule has 1 aromatic rings. The van der Waals surface area contributed by atoms with Crippen LogP contribution < -0.4 is 5.32 Å². The van der Waals surface area contributed by atoms with E-state index in [4.69, 9.17) is 4.42 Å². The summed E-state index contributed by atoms with van der Waals surface area (Å²) in [5, 5.41) is 3.64. The summed E-state index contributed by atoms with van der Waals surface area (Å²) in [5.41, 5.74) is 0. The lowest BCUT2D eigenvalue weighted by molar-refractivity contribution is 0.223. The number of hydrogen-bond donors (Lipinski definition) is 1. The molecule has 0 bridgehead atoms. The highest BCUT2D eigenvalue weighted by Gasteiger charge is 2.25. The van der Waals surface area contributed by atoms with Gasteiger partial charge in [0.15, 0.2) is 0 Å². The summed E-state index contributed by atoms with van der Waals surface area (Å²) >= 11 is 0. The summed E-state index contributed by atoms with van der Waals surface area (Å²) in [6.45, 7) is 6.61. The van der Waals surface area contributed by atoms with E-state index in [1.807, 2.05) is 0 Å². The monoisotopic (exact) mass is 221 g/mol. The van der Waals surface area contributed by atoms with E-state index in [9.17, 15) is 0 Å². The first kappa shape index (κ1) is 11.7. The number of aryl methyl sites for hydroxylation is 1. The maximum Gasteiger partial charge on any atom is 0.120 e. The van der Waals surface area contributed by atoms with Crippen LogP contribution in [0.4, 0.5) is 0 Å². The molecule has 2 unspecified atom stereocenters. The highest BCUT2D eigenvalue weighted by atomic mass is 16.3. The topological polar surface area (TPSA) is 25.2 Å². The van der Waals surface area contributed by atoms with Crippen molar-refractivity contribution in [3.8, 4) is 0 Å². The van der Waals surface area contributed by atoms with Gasteiger partial charge in [-0.1, -0.05) is 13.3 Å². The lowest BCUT2D eigenvalue weighted by Gasteiger charge is -2.33. The quantitative estimate of drug-likeness (QED) is 0.820. The molecular formula is C14H23NO. The van der Waals surface area contributed by atoms with Crippen LogP contribution in [-0.4, -0.2) is 6.04 Å². The lowest BCUT2D eigenvalue weighted by Crippen LogP contribution is -2.38. The van der Waals surface area contributed by atoms with Crippen molar-refractivity contribution in [2.45, 2.75) is 58.5 Å². The highest BCUT2D eigenvalue weighted by Crippen LogP contribution is 2.30. The first-order chi connectivity index (χ1) is 7.70. The van der Waals surface area contributed by atoms with Gasteiger partial charge in [0.05, 0.1) is 6.04 Å². The van der Waals surface area contributed by atoms with E-state index in [0.29, 0.717) is 12.1 Å². The van der Waals surface area contributed by atoms with Crippen molar-refractivity contribution in [1.82, 2.24) is 5.32 Å². The predicted octanol–water partition coefficient (Wildman–Crippen LogP) is 3.68. The zero-order valence-electron chi connectivity index (χ0n) is 10.6. The van der Waals surface area contributed by atoms with Gasteiger partial charge in [-0.3, -0.25) is 0 Å². The minimum atomic E-state index is 0.330. The summed E-state index contributed by atoms with van der Waals surface area (Å²) in [4.78, 5) is 0. The molecule has 1 saturated carbocycles. The molecule has 1 fully saturated rings. The minimum absolute atomic E-state index is 0.330. The summed E-state index contributed by atoms with van der Waals surface area (Å²) in [5.74, 6) is 3.03. The number of furan rings is 1. The van der Waals surface area contributed by atoms with Gasteiger partial charge in [-0.25, -0.2) is 0 Å². The molecule has 0 amide bonds. The zero-order chi connectivity index (χ0) is 11.5. The summed E-state index contributed by atoms with van der Waals surface area (Å²) in [7, 11) is 0. The van der Waals surface area contributed by atoms with Crippen molar-refractivity contribution >= 4 is 0 Å². The standard InChI is InChI=1S/C14H23NO/c1-4-13-8-9-14(16-13)11(3)15-10(2)12-6-5-7-12/h8-12,15H,4-7H2,1-3H3. The van der Waals surface area contributed by atoms with Gasteiger partial charge in [-0.05, 0) is 44.7 Å². The van der Waals surface area contributed by atoms with Crippen molar-refractivity contribution in [2.24, 2.45) is 5.92 Å². The van der Waals surface area contributed by atoms with Crippen LogP contribution in [0, 0.1) is 5.92 Å². The summed E-state index contributed by atoms with van der Waals surface area (Å²) in [6.07, 6.45) is 5.16. The largest absolute Gasteiger partial charge is 0.464 e. The van der Waals surface area contributed by atoms with Gasteiger partial charge in [0.25, 0.3) is 0 Å². The molecule has 2 nitrogen and oxygen atoms in total. The molecule has 2 rings (SSSR count). The molecule has 1 N–H and O–H groups in total. The van der Waals surface area contributed by atoms with Crippen LogP contribution in [-0.2, 0) is 6.42 Å². The molecule has 0 spiro atoms. The van der Waals surface area contributed by atoms with E-state index < -0.39 is 0 Å². The first-order valence-electron chi connectivity index (χ1n) is 6.55. The van der Waals surface area contributed by atoms with E-state index in [2.05, 4.69) is 38.2 Å². The second-order valence-electron chi connectivity index (χ2n) is 5.03. The van der Waals surface area contributed by atoms with Crippen molar-refractivity contribution < 1.29 is 4.42 Å². The number of rotatable bonds is 5. The van der Waals surface area contributed by atoms with Crippen molar-refractivity contribution in [3.63, 3.8) is 0 Å². The van der Waals surface area contributed by atoms with Gasteiger partial charge in [0, 0.05) is 12.5 Å². The Bertz CT molecular complexity index is 327. The molecule has 0 aromatic carbocycles. The van der Waals surface area contributed by atoms with Crippen molar-refractivity contribution in [1.29, 1.82) is 0 Å². The SMILES string of the molecule is CCc1ccc(C(C)NC(C)C2CCC2)o1. The molecule has 2 atom stereocenters. The average Bonchev–Trinajstić information content (AvgIpc) is 2.62. The van der Waals surface area contributed by atoms with Gasteiger partial charge in [-0.2, -0.15) is 0 Å². The van der Waals surface area contributed by atoms with Crippen LogP contribution in [0.15, 0.2) is 16.5 Å². The van der Waals surface area contributed by atoms with Gasteiger partial charge in [-0.15, -0.1) is 0 Å². The Morgan fingerprint density at radius 2 is 2.12 bits per heavy atom. The third kappa shape index (κ3) is 2.49. The third-order valence-electron chi connectivity index (χ3n) is 3.83. The molecular weight excluding hydrogens is 198 g/mol. The molecule has 1 heterocycles. The highest BCUT2D eigenvalue weighted by molar-refractivity contribution is 5.10. The van der Waals surface area contributed by atoms with E-state index in [1.54, 1.807) is 0 Å². The molecule has 90 valence electrons. The van der Waals surface area contributed by atoms with Crippen molar-refractivity contribution in [3.05, 3.63) is 23.7 Å². The Hall–Kier alpha value is -0.760. The van der Waals surface area contributed by atoms with Crippen LogP contribution in [0.2, 0.25) is 0 Å². The van der Waals surface area contributed by atoms with Crippen molar-refractivity contribution in [2.75, 3.05) is 0 Å². The first-order valence-corrected chi connectivity index (χ1v) is 6.55. The van der Waals surface area contributed by atoms with E-state index in [0.717, 1.165) is 23.9 Å². The van der Waals surface area contributed by atoms with Gasteiger partial charge in [0.2, 0.25) is 0 Å². The van der Waals surface area contributed by atoms with Crippen LogP contribution in [0.3, 0.4) is 0 Å². The fourth-order valence-corrected chi connectivity index (χ4v) is 2.37. The Kier molecular flexibility index (Phi) is 3.70. The molecule has 1 aromatic heterocycles. The molecule has 16 heavy (non-hydrogen) atoms. The molecule has 1 aliphatic carbocycles. The normalized spacial score (nSPS) is 20.4. The maximum absolute atomic E-state index is 5.76. The summed E-state index contributed by atoms with van der Waals surface area (Å²) < 4.78 is 5.76. The lowest BCUT2D eigenvalue weighted by atomic mass is 9.80. The maximum atomic E-state index is 5.76. The second-order valence-corrected chi connectivity index (χ2v) is 5.03. The predicted molar refractivity (Wildman–Crippen MR) is 66.4 cm³/mol.